The van der Waals surface area contributed by atoms with E-state index in [9.17, 15) is 4.79 Å². The molecule has 7 heteroatoms. The highest BCUT2D eigenvalue weighted by Gasteiger charge is 2.22. The van der Waals surface area contributed by atoms with E-state index in [0.717, 1.165) is 23.6 Å². The van der Waals surface area contributed by atoms with Crippen LogP contribution in [0.3, 0.4) is 0 Å². The van der Waals surface area contributed by atoms with E-state index in [2.05, 4.69) is 10.3 Å². The summed E-state index contributed by atoms with van der Waals surface area (Å²) in [5, 5.41) is 2.94. The molecule has 0 saturated carbocycles. The van der Waals surface area contributed by atoms with Crippen molar-refractivity contribution < 1.29 is 19.0 Å². The predicted octanol–water partition coefficient (Wildman–Crippen LogP) is 3.97. The lowest BCUT2D eigenvalue weighted by Crippen LogP contribution is -2.13. The van der Waals surface area contributed by atoms with Crippen LogP contribution in [0.5, 0.6) is 17.2 Å². The number of amides is 1. The van der Waals surface area contributed by atoms with Crippen molar-refractivity contribution in [2.24, 2.45) is 7.05 Å². The maximum atomic E-state index is 12.8. The van der Waals surface area contributed by atoms with Crippen molar-refractivity contribution in [2.45, 2.75) is 33.0 Å². The third-order valence-electron chi connectivity index (χ3n) is 4.95. The third kappa shape index (κ3) is 4.25. The van der Waals surface area contributed by atoms with Crippen LogP contribution in [0, 0.1) is 0 Å². The number of hydrogen-bond acceptors (Lipinski definition) is 5. The van der Waals surface area contributed by atoms with Crippen molar-refractivity contribution in [3.05, 3.63) is 65.7 Å². The van der Waals surface area contributed by atoms with Gasteiger partial charge in [0, 0.05) is 43.1 Å². The van der Waals surface area contributed by atoms with Crippen LogP contribution < -0.4 is 19.5 Å². The summed E-state index contributed by atoms with van der Waals surface area (Å²) < 4.78 is 19.2. The lowest BCUT2D eigenvalue weighted by atomic mass is 10.1. The standard InChI is InChI=1S/C23H25N3O4/c1-4-28-21-12-17-11-15(2)30-20(17)13-19(21)25-23(27)16-5-7-18(8-6-16)29-14-22-24-9-10-26(22)3/h5-10,12-13,15H,4,11,14H2,1-3H3,(H,25,27). The first-order valence-electron chi connectivity index (χ1n) is 10.00. The Morgan fingerprint density at radius 1 is 1.27 bits per heavy atom. The molecule has 1 N–H and O–H groups in total. The smallest absolute Gasteiger partial charge is 0.255 e. The van der Waals surface area contributed by atoms with E-state index in [0.29, 0.717) is 36.0 Å². The molecule has 0 bridgehead atoms. The second kappa shape index (κ2) is 8.49. The highest BCUT2D eigenvalue weighted by molar-refractivity contribution is 6.05. The largest absolute Gasteiger partial charge is 0.492 e. The molecule has 1 aliphatic heterocycles. The minimum atomic E-state index is -0.224. The van der Waals surface area contributed by atoms with Gasteiger partial charge in [-0.2, -0.15) is 0 Å². The Bertz CT molecular complexity index is 1040. The van der Waals surface area contributed by atoms with Gasteiger partial charge in [0.2, 0.25) is 0 Å². The fourth-order valence-electron chi connectivity index (χ4n) is 3.39. The molecule has 1 unspecified atom stereocenters. The molecule has 0 aliphatic carbocycles. The SMILES string of the molecule is CCOc1cc2c(cc1NC(=O)c1ccc(OCc3nccn3C)cc1)OC(C)C2. The van der Waals surface area contributed by atoms with E-state index in [1.54, 1.807) is 30.5 Å². The first-order chi connectivity index (χ1) is 14.5. The van der Waals surface area contributed by atoms with Gasteiger partial charge in [-0.1, -0.05) is 0 Å². The van der Waals surface area contributed by atoms with Gasteiger partial charge < -0.3 is 24.1 Å². The average molecular weight is 407 g/mol. The molecular formula is C23H25N3O4. The number of fused-ring (bicyclic) bond motifs is 1. The zero-order valence-electron chi connectivity index (χ0n) is 17.3. The fourth-order valence-corrected chi connectivity index (χ4v) is 3.39. The molecule has 0 radical (unpaired) electrons. The molecule has 2 aromatic carbocycles. The summed E-state index contributed by atoms with van der Waals surface area (Å²) >= 11 is 0. The van der Waals surface area contributed by atoms with Crippen molar-refractivity contribution in [1.82, 2.24) is 9.55 Å². The zero-order valence-corrected chi connectivity index (χ0v) is 17.3. The van der Waals surface area contributed by atoms with Crippen molar-refractivity contribution >= 4 is 11.6 Å². The van der Waals surface area contributed by atoms with E-state index in [4.69, 9.17) is 14.2 Å². The molecule has 1 aromatic heterocycles. The molecule has 0 fully saturated rings. The number of rotatable bonds is 7. The predicted molar refractivity (Wildman–Crippen MR) is 113 cm³/mol. The fraction of sp³-hybridized carbons (Fsp3) is 0.304. The van der Waals surface area contributed by atoms with Crippen LogP contribution in [0.15, 0.2) is 48.8 Å². The van der Waals surface area contributed by atoms with Gasteiger partial charge in [0.15, 0.2) is 0 Å². The normalized spacial score (nSPS) is 14.7. The monoisotopic (exact) mass is 407 g/mol. The minimum Gasteiger partial charge on any atom is -0.492 e. The maximum Gasteiger partial charge on any atom is 0.255 e. The summed E-state index contributed by atoms with van der Waals surface area (Å²) in [7, 11) is 1.92. The number of carbonyl (C=O) groups excluding carboxylic acids is 1. The quantitative estimate of drug-likeness (QED) is 0.641. The Balaban J connectivity index is 1.45. The molecule has 7 nitrogen and oxygen atoms in total. The summed E-state index contributed by atoms with van der Waals surface area (Å²) in [6.45, 7) is 4.82. The van der Waals surface area contributed by atoms with Gasteiger partial charge in [0.1, 0.15) is 35.8 Å². The Labute approximate surface area is 175 Å². The molecule has 30 heavy (non-hydrogen) atoms. The lowest BCUT2D eigenvalue weighted by molar-refractivity contribution is 0.102. The molecule has 1 amide bonds. The highest BCUT2D eigenvalue weighted by atomic mass is 16.5. The van der Waals surface area contributed by atoms with Crippen LogP contribution in [0.1, 0.15) is 35.6 Å². The molecule has 1 atom stereocenters. The number of benzene rings is 2. The molecule has 0 spiro atoms. The summed E-state index contributed by atoms with van der Waals surface area (Å²) in [5.41, 5.74) is 2.22. The van der Waals surface area contributed by atoms with Gasteiger partial charge in [-0.3, -0.25) is 4.79 Å². The maximum absolute atomic E-state index is 12.8. The lowest BCUT2D eigenvalue weighted by Gasteiger charge is -2.14. The topological polar surface area (TPSA) is 74.6 Å². The van der Waals surface area contributed by atoms with Gasteiger partial charge in [-0.05, 0) is 44.2 Å². The van der Waals surface area contributed by atoms with Gasteiger partial charge in [-0.15, -0.1) is 0 Å². The van der Waals surface area contributed by atoms with Crippen LogP contribution in [-0.4, -0.2) is 28.2 Å². The van der Waals surface area contributed by atoms with E-state index in [1.165, 1.54) is 0 Å². The summed E-state index contributed by atoms with van der Waals surface area (Å²) in [6, 6.07) is 10.8. The number of nitrogens with one attached hydrogen (secondary N) is 1. The number of hydrogen-bond donors (Lipinski definition) is 1. The minimum absolute atomic E-state index is 0.124. The van der Waals surface area contributed by atoms with Crippen molar-refractivity contribution in [3.63, 3.8) is 0 Å². The number of carbonyl (C=O) groups is 1. The number of ether oxygens (including phenoxy) is 3. The summed E-state index contributed by atoms with van der Waals surface area (Å²) in [6.07, 6.45) is 4.56. The van der Waals surface area contributed by atoms with Crippen LogP contribution in [0.25, 0.3) is 0 Å². The van der Waals surface area contributed by atoms with Crippen molar-refractivity contribution in [3.8, 4) is 17.2 Å². The summed E-state index contributed by atoms with van der Waals surface area (Å²) in [4.78, 5) is 17.0. The molecule has 4 rings (SSSR count). The number of aromatic nitrogens is 2. The van der Waals surface area contributed by atoms with E-state index >= 15 is 0 Å². The number of nitrogens with zero attached hydrogens (tertiary/aromatic N) is 2. The average Bonchev–Trinajstić information content (AvgIpc) is 3.31. The van der Waals surface area contributed by atoms with Crippen LogP contribution in [-0.2, 0) is 20.1 Å². The Hall–Kier alpha value is -3.48. The Morgan fingerprint density at radius 3 is 2.77 bits per heavy atom. The molecule has 156 valence electrons. The van der Waals surface area contributed by atoms with Crippen LogP contribution in [0.4, 0.5) is 5.69 Å². The zero-order chi connectivity index (χ0) is 21.1. The summed E-state index contributed by atoms with van der Waals surface area (Å²) in [5.74, 6) is 2.71. The van der Waals surface area contributed by atoms with E-state index < -0.39 is 0 Å². The van der Waals surface area contributed by atoms with Gasteiger partial charge in [0.05, 0.1) is 12.3 Å². The number of aryl methyl sites for hydroxylation is 1. The Kier molecular flexibility index (Phi) is 5.61. The molecule has 1 aliphatic rings. The number of anilines is 1. The van der Waals surface area contributed by atoms with Crippen molar-refractivity contribution in [1.29, 1.82) is 0 Å². The van der Waals surface area contributed by atoms with Crippen molar-refractivity contribution in [2.75, 3.05) is 11.9 Å². The molecule has 3 aromatic rings. The van der Waals surface area contributed by atoms with Gasteiger partial charge in [-0.25, -0.2) is 4.98 Å². The first kappa shape index (κ1) is 19.8. The first-order valence-corrected chi connectivity index (χ1v) is 10.00. The van der Waals surface area contributed by atoms with Crippen LogP contribution in [0.2, 0.25) is 0 Å². The number of imidazole rings is 1. The van der Waals surface area contributed by atoms with E-state index in [1.807, 2.05) is 43.8 Å². The van der Waals surface area contributed by atoms with E-state index in [-0.39, 0.29) is 12.0 Å². The highest BCUT2D eigenvalue weighted by Crippen LogP contribution is 2.38. The Morgan fingerprint density at radius 2 is 2.07 bits per heavy atom. The van der Waals surface area contributed by atoms with Gasteiger partial charge >= 0.3 is 0 Å². The van der Waals surface area contributed by atoms with Crippen LogP contribution >= 0.6 is 0 Å². The van der Waals surface area contributed by atoms with Gasteiger partial charge in [0.25, 0.3) is 5.91 Å². The molecule has 0 saturated heterocycles. The second-order valence-electron chi connectivity index (χ2n) is 7.24. The second-order valence-corrected chi connectivity index (χ2v) is 7.24. The third-order valence-corrected chi connectivity index (χ3v) is 4.95. The molecule has 2 heterocycles. The molecular weight excluding hydrogens is 382 g/mol.